The lowest BCUT2D eigenvalue weighted by molar-refractivity contribution is -0.157. The van der Waals surface area contributed by atoms with Crippen molar-refractivity contribution in [1.82, 2.24) is 0 Å². The van der Waals surface area contributed by atoms with Gasteiger partial charge in [-0.15, -0.1) is 0 Å². The summed E-state index contributed by atoms with van der Waals surface area (Å²) in [5.74, 6) is 0.636. The van der Waals surface area contributed by atoms with Gasteiger partial charge in [0.1, 0.15) is 11.4 Å². The number of nitrogens with two attached hydrogens (primary N) is 1. The molecule has 136 valence electrons. The van der Waals surface area contributed by atoms with Gasteiger partial charge in [-0.1, -0.05) is 12.8 Å². The molecule has 24 heavy (non-hydrogen) atoms. The van der Waals surface area contributed by atoms with Gasteiger partial charge in [0, 0.05) is 18.9 Å². The smallest absolute Gasteiger partial charge is 0.131 e. The van der Waals surface area contributed by atoms with Crippen LogP contribution in [0.15, 0.2) is 4.99 Å². The lowest BCUT2D eigenvalue weighted by Gasteiger charge is -2.48. The Kier molecular flexibility index (Phi) is 4.61. The van der Waals surface area contributed by atoms with Crippen LogP contribution in [0.1, 0.15) is 64.2 Å². The summed E-state index contributed by atoms with van der Waals surface area (Å²) >= 11 is 0. The third-order valence-corrected chi connectivity index (χ3v) is 7.07. The average molecular weight is 336 g/mol. The van der Waals surface area contributed by atoms with Crippen molar-refractivity contribution in [2.24, 2.45) is 22.6 Å². The summed E-state index contributed by atoms with van der Waals surface area (Å²) < 4.78 is 12.1. The molecule has 4 rings (SSSR count). The molecule has 1 heterocycles. The molecule has 0 radical (unpaired) electrons. The Morgan fingerprint density at radius 3 is 2.50 bits per heavy atom. The molecule has 0 aromatic carbocycles. The first-order valence-corrected chi connectivity index (χ1v) is 9.87. The van der Waals surface area contributed by atoms with Crippen LogP contribution in [0.5, 0.6) is 0 Å². The zero-order valence-electron chi connectivity index (χ0n) is 14.8. The van der Waals surface area contributed by atoms with Crippen molar-refractivity contribution in [2.75, 3.05) is 7.11 Å². The molecular weight excluding hydrogens is 304 g/mol. The van der Waals surface area contributed by atoms with Crippen LogP contribution in [0.3, 0.4) is 0 Å². The quantitative estimate of drug-likeness (QED) is 0.826. The fourth-order valence-corrected chi connectivity index (χ4v) is 5.41. The zero-order valence-corrected chi connectivity index (χ0v) is 14.8. The first kappa shape index (κ1) is 16.8. The second-order valence-corrected chi connectivity index (χ2v) is 8.30. The van der Waals surface area contributed by atoms with E-state index in [-0.39, 0.29) is 30.1 Å². The molecule has 3 aliphatic carbocycles. The summed E-state index contributed by atoms with van der Waals surface area (Å²) in [6.45, 7) is 0. The molecule has 0 aromatic heterocycles. The Morgan fingerprint density at radius 1 is 1.00 bits per heavy atom. The Labute approximate surface area is 145 Å². The molecule has 0 saturated heterocycles. The van der Waals surface area contributed by atoms with E-state index in [4.69, 9.17) is 15.2 Å². The first-order chi connectivity index (χ1) is 11.6. The van der Waals surface area contributed by atoms with E-state index in [9.17, 15) is 5.11 Å². The number of methoxy groups -OCH3 is 1. The number of aliphatic imine (C=N–C) groups is 1. The van der Waals surface area contributed by atoms with Gasteiger partial charge >= 0.3 is 0 Å². The van der Waals surface area contributed by atoms with Crippen molar-refractivity contribution in [3.63, 3.8) is 0 Å². The Bertz CT molecular complexity index is 493. The Hall–Kier alpha value is -0.650. The Morgan fingerprint density at radius 2 is 1.79 bits per heavy atom. The van der Waals surface area contributed by atoms with E-state index >= 15 is 0 Å². The zero-order chi connectivity index (χ0) is 16.7. The minimum atomic E-state index is -1.00. The number of rotatable bonds is 4. The molecule has 0 spiro atoms. The van der Waals surface area contributed by atoms with Gasteiger partial charge in [0.15, 0.2) is 0 Å². The van der Waals surface area contributed by atoms with E-state index in [0.717, 1.165) is 44.9 Å². The van der Waals surface area contributed by atoms with Gasteiger partial charge in [0.25, 0.3) is 0 Å². The van der Waals surface area contributed by atoms with Crippen LogP contribution in [0.25, 0.3) is 0 Å². The van der Waals surface area contributed by atoms with Crippen LogP contribution in [-0.2, 0) is 9.47 Å². The fraction of sp³-hybridized carbons (Fsp3) is 0.947. The minimum Gasteiger partial charge on any atom is -0.385 e. The first-order valence-electron chi connectivity index (χ1n) is 9.87. The molecule has 3 saturated carbocycles. The van der Waals surface area contributed by atoms with E-state index in [1.165, 1.54) is 19.3 Å². The molecule has 0 aromatic rings. The monoisotopic (exact) mass is 336 g/mol. The highest BCUT2D eigenvalue weighted by Crippen LogP contribution is 2.49. The molecule has 1 aliphatic heterocycles. The standard InChI is InChI=1S/C19H32N2O3/c1-23-13-9-10-17(24-12-5-4-6-12)15(11-13)19(22)14-7-2-3-8-16(14)21-18(19)20/h12-17,22H,2-11H2,1H3,(H2,20,21). The third kappa shape index (κ3) is 2.69. The largest absolute Gasteiger partial charge is 0.385 e. The van der Waals surface area contributed by atoms with Crippen molar-refractivity contribution in [3.8, 4) is 0 Å². The Balaban J connectivity index is 1.59. The maximum absolute atomic E-state index is 11.8. The van der Waals surface area contributed by atoms with Gasteiger partial charge < -0.3 is 20.3 Å². The predicted molar refractivity (Wildman–Crippen MR) is 93.0 cm³/mol. The van der Waals surface area contributed by atoms with Crippen LogP contribution >= 0.6 is 0 Å². The lowest BCUT2D eigenvalue weighted by Crippen LogP contribution is -2.60. The van der Waals surface area contributed by atoms with Gasteiger partial charge in [-0.2, -0.15) is 0 Å². The molecule has 3 fully saturated rings. The molecule has 4 aliphatic rings. The second kappa shape index (κ2) is 6.58. The van der Waals surface area contributed by atoms with E-state index in [1.54, 1.807) is 7.11 Å². The average Bonchev–Trinajstić information content (AvgIpc) is 2.83. The van der Waals surface area contributed by atoms with Crippen LogP contribution in [0, 0.1) is 11.8 Å². The highest BCUT2D eigenvalue weighted by molar-refractivity contribution is 5.91. The third-order valence-electron chi connectivity index (χ3n) is 7.07. The van der Waals surface area contributed by atoms with Crippen LogP contribution in [0.2, 0.25) is 0 Å². The topological polar surface area (TPSA) is 77.1 Å². The molecule has 0 bridgehead atoms. The highest BCUT2D eigenvalue weighted by Gasteiger charge is 2.58. The van der Waals surface area contributed by atoms with E-state index in [1.807, 2.05) is 0 Å². The van der Waals surface area contributed by atoms with Gasteiger partial charge in [0.2, 0.25) is 0 Å². The van der Waals surface area contributed by atoms with E-state index < -0.39 is 5.60 Å². The normalized spacial score (nSPS) is 46.2. The number of hydrogen-bond acceptors (Lipinski definition) is 5. The summed E-state index contributed by atoms with van der Waals surface area (Å²) in [7, 11) is 1.77. The summed E-state index contributed by atoms with van der Waals surface area (Å²) in [5, 5.41) is 11.8. The lowest BCUT2D eigenvalue weighted by atomic mass is 9.64. The van der Waals surface area contributed by atoms with E-state index in [0.29, 0.717) is 11.9 Å². The van der Waals surface area contributed by atoms with Crippen molar-refractivity contribution in [2.45, 2.75) is 94.2 Å². The van der Waals surface area contributed by atoms with Gasteiger partial charge in [-0.3, -0.25) is 4.99 Å². The predicted octanol–water partition coefficient (Wildman–Crippen LogP) is 2.40. The summed E-state index contributed by atoms with van der Waals surface area (Å²) in [6, 6.07) is 0.205. The number of amidine groups is 1. The maximum Gasteiger partial charge on any atom is 0.131 e. The highest BCUT2D eigenvalue weighted by atomic mass is 16.5. The molecule has 5 nitrogen and oxygen atoms in total. The SMILES string of the molecule is COC1CCC(OC2CCC2)C(C2(O)C(N)=NC3CCCCC32)C1. The molecule has 5 heteroatoms. The van der Waals surface area contributed by atoms with Gasteiger partial charge in [-0.25, -0.2) is 0 Å². The molecule has 3 N–H and O–H groups in total. The number of hydrogen-bond donors (Lipinski definition) is 2. The van der Waals surface area contributed by atoms with Crippen molar-refractivity contribution < 1.29 is 14.6 Å². The number of nitrogens with zero attached hydrogens (tertiary/aromatic N) is 1. The maximum atomic E-state index is 11.8. The summed E-state index contributed by atoms with van der Waals surface area (Å²) in [4.78, 5) is 4.69. The van der Waals surface area contributed by atoms with Crippen molar-refractivity contribution in [3.05, 3.63) is 0 Å². The summed E-state index contributed by atoms with van der Waals surface area (Å²) in [5.41, 5.74) is 5.33. The van der Waals surface area contributed by atoms with Gasteiger partial charge in [0.05, 0.1) is 24.4 Å². The molecule has 6 atom stereocenters. The number of fused-ring (bicyclic) bond motifs is 1. The van der Waals surface area contributed by atoms with Gasteiger partial charge in [-0.05, 0) is 51.4 Å². The number of aliphatic hydroxyl groups is 1. The fourth-order valence-electron chi connectivity index (χ4n) is 5.41. The van der Waals surface area contributed by atoms with Crippen molar-refractivity contribution >= 4 is 5.84 Å². The molecule has 0 amide bonds. The minimum absolute atomic E-state index is 0.00801. The second-order valence-electron chi connectivity index (χ2n) is 8.30. The molecular formula is C19H32N2O3. The van der Waals surface area contributed by atoms with E-state index in [2.05, 4.69) is 4.99 Å². The number of ether oxygens (including phenoxy) is 2. The van der Waals surface area contributed by atoms with Crippen LogP contribution < -0.4 is 5.73 Å². The summed E-state index contributed by atoms with van der Waals surface area (Å²) in [6.07, 6.45) is 11.5. The van der Waals surface area contributed by atoms with Crippen LogP contribution in [0.4, 0.5) is 0 Å². The van der Waals surface area contributed by atoms with Crippen LogP contribution in [-0.4, -0.2) is 48.0 Å². The molecule has 6 unspecified atom stereocenters. The van der Waals surface area contributed by atoms with Crippen molar-refractivity contribution in [1.29, 1.82) is 0 Å².